The molecule has 3 nitrogen and oxygen atoms in total. The maximum absolute atomic E-state index is 5.41. The zero-order chi connectivity index (χ0) is 12.3. The highest BCUT2D eigenvalue weighted by molar-refractivity contribution is 4.88. The molecule has 0 aromatic carbocycles. The topological polar surface area (TPSA) is 24.5 Å². The highest BCUT2D eigenvalue weighted by Crippen LogP contribution is 2.25. The number of nitrogens with zero attached hydrogens (tertiary/aromatic N) is 1. The lowest BCUT2D eigenvalue weighted by molar-refractivity contribution is 0.0251. The summed E-state index contributed by atoms with van der Waals surface area (Å²) in [6, 6.07) is 2.05. The normalized spacial score (nSPS) is 32.6. The molecule has 3 unspecified atom stereocenters. The van der Waals surface area contributed by atoms with Crippen molar-refractivity contribution in [1.82, 2.24) is 10.2 Å². The van der Waals surface area contributed by atoms with Crippen molar-refractivity contribution in [2.45, 2.75) is 57.7 Å². The Morgan fingerprint density at radius 1 is 1.29 bits per heavy atom. The van der Waals surface area contributed by atoms with E-state index in [4.69, 9.17) is 4.74 Å². The third-order valence-electron chi connectivity index (χ3n) is 4.47. The first-order chi connectivity index (χ1) is 8.22. The van der Waals surface area contributed by atoms with E-state index in [0.717, 1.165) is 25.1 Å². The minimum Gasteiger partial charge on any atom is -0.383 e. The van der Waals surface area contributed by atoms with Gasteiger partial charge in [0.1, 0.15) is 0 Å². The highest BCUT2D eigenvalue weighted by Gasteiger charge is 2.31. The van der Waals surface area contributed by atoms with Gasteiger partial charge in [-0.25, -0.2) is 0 Å². The van der Waals surface area contributed by atoms with E-state index in [-0.39, 0.29) is 0 Å². The number of nitrogens with one attached hydrogen (secondary N) is 1. The molecule has 3 heteroatoms. The number of likely N-dealkylation sites (tertiary alicyclic amines) is 1. The maximum atomic E-state index is 5.41. The number of piperidine rings is 1. The first-order valence-corrected chi connectivity index (χ1v) is 7.20. The molecule has 0 bridgehead atoms. The molecule has 100 valence electrons. The fourth-order valence-corrected chi connectivity index (χ4v) is 2.94. The van der Waals surface area contributed by atoms with Crippen molar-refractivity contribution in [3.05, 3.63) is 0 Å². The molecule has 2 rings (SSSR count). The quantitative estimate of drug-likeness (QED) is 0.767. The fourth-order valence-electron chi connectivity index (χ4n) is 2.94. The second-order valence-electron chi connectivity index (χ2n) is 5.89. The van der Waals surface area contributed by atoms with Crippen LogP contribution >= 0.6 is 0 Å². The molecule has 3 atom stereocenters. The van der Waals surface area contributed by atoms with Crippen molar-refractivity contribution in [2.75, 3.05) is 26.8 Å². The molecule has 17 heavy (non-hydrogen) atoms. The standard InChI is InChI=1S/C14H28N2O/c1-11-5-4-8-16(12(11)2)14(10-17-3)9-15-13-6-7-13/h11-15H,4-10H2,1-3H3. The predicted molar refractivity (Wildman–Crippen MR) is 71.3 cm³/mol. The summed E-state index contributed by atoms with van der Waals surface area (Å²) < 4.78 is 5.41. The molecule has 1 N–H and O–H groups in total. The van der Waals surface area contributed by atoms with E-state index in [1.54, 1.807) is 0 Å². The number of methoxy groups -OCH3 is 1. The Kier molecular flexibility index (Phi) is 4.83. The van der Waals surface area contributed by atoms with Gasteiger partial charge in [0.25, 0.3) is 0 Å². The minimum atomic E-state index is 0.554. The van der Waals surface area contributed by atoms with Gasteiger partial charge in [0.05, 0.1) is 6.61 Å². The Morgan fingerprint density at radius 3 is 2.71 bits per heavy atom. The Hall–Kier alpha value is -0.120. The lowest BCUT2D eigenvalue weighted by Crippen LogP contribution is -2.53. The van der Waals surface area contributed by atoms with E-state index in [2.05, 4.69) is 24.1 Å². The van der Waals surface area contributed by atoms with Crippen LogP contribution in [0.15, 0.2) is 0 Å². The third-order valence-corrected chi connectivity index (χ3v) is 4.47. The van der Waals surface area contributed by atoms with E-state index in [9.17, 15) is 0 Å². The molecule has 0 aromatic rings. The highest BCUT2D eigenvalue weighted by atomic mass is 16.5. The molecule has 0 amide bonds. The van der Waals surface area contributed by atoms with Gasteiger partial charge >= 0.3 is 0 Å². The fraction of sp³-hybridized carbons (Fsp3) is 1.00. The first kappa shape index (κ1) is 13.3. The molecule has 2 aliphatic rings. The van der Waals surface area contributed by atoms with Gasteiger partial charge in [0.2, 0.25) is 0 Å². The van der Waals surface area contributed by atoms with Crippen LogP contribution in [-0.4, -0.2) is 49.8 Å². The Labute approximate surface area is 106 Å². The second kappa shape index (κ2) is 6.17. The summed E-state index contributed by atoms with van der Waals surface area (Å²) >= 11 is 0. The molecular weight excluding hydrogens is 212 g/mol. The van der Waals surface area contributed by atoms with Crippen molar-refractivity contribution in [1.29, 1.82) is 0 Å². The zero-order valence-electron chi connectivity index (χ0n) is 11.6. The summed E-state index contributed by atoms with van der Waals surface area (Å²) in [7, 11) is 1.82. The first-order valence-electron chi connectivity index (χ1n) is 7.20. The number of ether oxygens (including phenoxy) is 1. The van der Waals surface area contributed by atoms with Gasteiger partial charge in [-0.15, -0.1) is 0 Å². The van der Waals surface area contributed by atoms with Crippen LogP contribution in [-0.2, 0) is 4.74 Å². The van der Waals surface area contributed by atoms with Gasteiger partial charge in [0, 0.05) is 31.8 Å². The van der Waals surface area contributed by atoms with Crippen molar-refractivity contribution in [3.63, 3.8) is 0 Å². The van der Waals surface area contributed by atoms with E-state index in [0.29, 0.717) is 12.1 Å². The van der Waals surface area contributed by atoms with Crippen molar-refractivity contribution in [2.24, 2.45) is 5.92 Å². The summed E-state index contributed by atoms with van der Waals surface area (Å²) in [5.41, 5.74) is 0. The van der Waals surface area contributed by atoms with Crippen molar-refractivity contribution >= 4 is 0 Å². The zero-order valence-corrected chi connectivity index (χ0v) is 11.6. The SMILES string of the molecule is COCC(CNC1CC1)N1CCCC(C)C1C. The molecule has 1 aliphatic carbocycles. The molecule has 0 spiro atoms. The molecule has 2 fully saturated rings. The third kappa shape index (κ3) is 3.67. The smallest absolute Gasteiger partial charge is 0.0630 e. The summed E-state index contributed by atoms with van der Waals surface area (Å²) in [4.78, 5) is 2.66. The summed E-state index contributed by atoms with van der Waals surface area (Å²) in [6.45, 7) is 7.96. The van der Waals surface area contributed by atoms with Gasteiger partial charge in [-0.05, 0) is 45.1 Å². The average Bonchev–Trinajstić information content (AvgIpc) is 3.12. The minimum absolute atomic E-state index is 0.554. The molecule has 1 saturated heterocycles. The number of rotatable bonds is 6. The van der Waals surface area contributed by atoms with Crippen LogP contribution in [0.25, 0.3) is 0 Å². The molecular formula is C14H28N2O. The van der Waals surface area contributed by atoms with Gasteiger partial charge in [0.15, 0.2) is 0 Å². The summed E-state index contributed by atoms with van der Waals surface area (Å²) in [5.74, 6) is 0.823. The number of hydrogen-bond acceptors (Lipinski definition) is 3. The molecule has 0 radical (unpaired) electrons. The number of hydrogen-bond donors (Lipinski definition) is 1. The summed E-state index contributed by atoms with van der Waals surface area (Å²) in [5, 5.41) is 3.65. The van der Waals surface area contributed by atoms with Gasteiger partial charge in [-0.3, -0.25) is 4.90 Å². The predicted octanol–water partition coefficient (Wildman–Crippen LogP) is 1.87. The van der Waals surface area contributed by atoms with Gasteiger partial charge < -0.3 is 10.1 Å². The van der Waals surface area contributed by atoms with Crippen LogP contribution < -0.4 is 5.32 Å². The van der Waals surface area contributed by atoms with Gasteiger partial charge in [-0.1, -0.05) is 6.92 Å². The van der Waals surface area contributed by atoms with Crippen LogP contribution in [0.3, 0.4) is 0 Å². The Morgan fingerprint density at radius 2 is 2.06 bits per heavy atom. The van der Waals surface area contributed by atoms with E-state index in [1.807, 2.05) is 7.11 Å². The van der Waals surface area contributed by atoms with E-state index in [1.165, 1.54) is 32.2 Å². The van der Waals surface area contributed by atoms with Crippen molar-refractivity contribution < 1.29 is 4.74 Å². The molecule has 1 heterocycles. The Bertz CT molecular complexity index is 230. The van der Waals surface area contributed by atoms with E-state index < -0.39 is 0 Å². The maximum Gasteiger partial charge on any atom is 0.0630 e. The average molecular weight is 240 g/mol. The van der Waals surface area contributed by atoms with Crippen LogP contribution in [0.2, 0.25) is 0 Å². The second-order valence-corrected chi connectivity index (χ2v) is 5.89. The van der Waals surface area contributed by atoms with Crippen LogP contribution in [0.5, 0.6) is 0 Å². The molecule has 1 saturated carbocycles. The van der Waals surface area contributed by atoms with Crippen LogP contribution in [0.1, 0.15) is 39.5 Å². The van der Waals surface area contributed by atoms with Crippen LogP contribution in [0.4, 0.5) is 0 Å². The van der Waals surface area contributed by atoms with Gasteiger partial charge in [-0.2, -0.15) is 0 Å². The Balaban J connectivity index is 1.87. The largest absolute Gasteiger partial charge is 0.383 e. The van der Waals surface area contributed by atoms with Crippen LogP contribution in [0, 0.1) is 5.92 Å². The monoisotopic (exact) mass is 240 g/mol. The lowest BCUT2D eigenvalue weighted by Gasteiger charge is -2.42. The molecule has 1 aliphatic heterocycles. The van der Waals surface area contributed by atoms with E-state index >= 15 is 0 Å². The summed E-state index contributed by atoms with van der Waals surface area (Å²) in [6.07, 6.45) is 5.46. The lowest BCUT2D eigenvalue weighted by atomic mass is 9.91. The van der Waals surface area contributed by atoms with Crippen molar-refractivity contribution in [3.8, 4) is 0 Å². The molecule has 0 aromatic heterocycles.